The Labute approximate surface area is 113 Å². The first kappa shape index (κ1) is 13.3. The molecule has 1 aliphatic heterocycles. The second-order valence-corrected chi connectivity index (χ2v) is 5.02. The monoisotopic (exact) mass is 314 g/mol. The van der Waals surface area contributed by atoms with Crippen LogP contribution in [0.25, 0.3) is 0 Å². The van der Waals surface area contributed by atoms with Crippen molar-refractivity contribution < 1.29 is 9.53 Å². The molecule has 2 rings (SSSR count). The molecule has 1 saturated heterocycles. The highest BCUT2D eigenvalue weighted by Crippen LogP contribution is 2.15. The minimum absolute atomic E-state index is 0.0143. The molecule has 0 radical (unpaired) electrons. The normalized spacial score (nSPS) is 24.0. The van der Waals surface area contributed by atoms with Crippen LogP contribution in [-0.2, 0) is 4.74 Å². The number of nitrogens with one attached hydrogen (secondary N) is 1. The van der Waals surface area contributed by atoms with Gasteiger partial charge in [-0.05, 0) is 13.0 Å². The van der Waals surface area contributed by atoms with Crippen molar-refractivity contribution in [2.45, 2.75) is 19.1 Å². The van der Waals surface area contributed by atoms with Crippen molar-refractivity contribution in [2.75, 3.05) is 18.4 Å². The molecule has 1 aromatic rings. The lowest BCUT2D eigenvalue weighted by atomic mass is 10.2. The fraction of sp³-hybridized carbons (Fsp3) is 0.500. The van der Waals surface area contributed by atoms with Gasteiger partial charge in [-0.3, -0.25) is 9.59 Å². The number of pyridine rings is 1. The molecule has 1 amide bonds. The van der Waals surface area contributed by atoms with E-state index in [9.17, 15) is 9.59 Å². The Morgan fingerprint density at radius 1 is 1.56 bits per heavy atom. The Balaban J connectivity index is 2.12. The molecule has 0 aromatic carbocycles. The summed E-state index contributed by atoms with van der Waals surface area (Å²) in [6.45, 7) is 3.08. The number of ether oxygens (including phenoxy) is 1. The maximum atomic E-state index is 12.3. The summed E-state index contributed by atoms with van der Waals surface area (Å²) in [7, 11) is 0. The van der Waals surface area contributed by atoms with Gasteiger partial charge in [0.2, 0.25) is 5.56 Å². The number of aromatic amines is 1. The predicted octanol–water partition coefficient (Wildman–Crippen LogP) is 0.999. The van der Waals surface area contributed by atoms with Gasteiger partial charge in [-0.15, -0.1) is 0 Å². The predicted molar refractivity (Wildman–Crippen MR) is 71.1 cm³/mol. The second-order valence-electron chi connectivity index (χ2n) is 4.37. The van der Waals surface area contributed by atoms with E-state index in [-0.39, 0.29) is 23.7 Å². The van der Waals surface area contributed by atoms with Gasteiger partial charge in [0.25, 0.3) is 5.91 Å². The molecular formula is C12H15BrN2O3. The van der Waals surface area contributed by atoms with Crippen molar-refractivity contribution in [3.8, 4) is 0 Å². The molecule has 1 fully saturated rings. The topological polar surface area (TPSA) is 62.4 Å². The summed E-state index contributed by atoms with van der Waals surface area (Å²) in [5.41, 5.74) is 0.289. The number of amides is 1. The quantitative estimate of drug-likeness (QED) is 0.828. The van der Waals surface area contributed by atoms with E-state index in [1.807, 2.05) is 6.92 Å². The summed E-state index contributed by atoms with van der Waals surface area (Å²) in [6.07, 6.45) is 1.49. The fourth-order valence-corrected chi connectivity index (χ4v) is 2.38. The average Bonchev–Trinajstić information content (AvgIpc) is 2.38. The average molecular weight is 315 g/mol. The number of H-pyrrole nitrogens is 1. The van der Waals surface area contributed by atoms with Crippen LogP contribution >= 0.6 is 15.9 Å². The van der Waals surface area contributed by atoms with Crippen molar-refractivity contribution in [3.05, 3.63) is 34.2 Å². The van der Waals surface area contributed by atoms with E-state index in [1.54, 1.807) is 11.0 Å². The third-order valence-electron chi connectivity index (χ3n) is 2.82. The summed E-state index contributed by atoms with van der Waals surface area (Å²) in [4.78, 5) is 27.5. The van der Waals surface area contributed by atoms with Crippen LogP contribution < -0.4 is 5.56 Å². The Hall–Kier alpha value is -1.14. The standard InChI is InChI=1S/C12H15BrN2O3/c1-8-6-15(7-10(4-13)18-8)12(17)9-2-3-11(16)14-5-9/h2-3,5,8,10H,4,6-7H2,1H3,(H,14,16). The summed E-state index contributed by atoms with van der Waals surface area (Å²) < 4.78 is 5.67. The minimum atomic E-state index is -0.208. The summed E-state index contributed by atoms with van der Waals surface area (Å²) in [5, 5.41) is 0.701. The Bertz CT molecular complexity index is 468. The molecule has 2 atom stereocenters. The molecule has 6 heteroatoms. The third kappa shape index (κ3) is 3.00. The number of nitrogens with zero attached hydrogens (tertiary/aromatic N) is 1. The molecular weight excluding hydrogens is 300 g/mol. The van der Waals surface area contributed by atoms with E-state index in [0.29, 0.717) is 24.0 Å². The molecule has 1 aromatic heterocycles. The number of hydrogen-bond donors (Lipinski definition) is 1. The maximum absolute atomic E-state index is 12.3. The van der Waals surface area contributed by atoms with Crippen LogP contribution in [0.15, 0.2) is 23.1 Å². The fourth-order valence-electron chi connectivity index (χ4n) is 2.02. The van der Waals surface area contributed by atoms with E-state index < -0.39 is 0 Å². The SMILES string of the molecule is CC1CN(C(=O)c2ccc(=O)[nH]c2)CC(CBr)O1. The molecule has 0 saturated carbocycles. The lowest BCUT2D eigenvalue weighted by molar-refractivity contribution is -0.0559. The number of rotatable bonds is 2. The molecule has 18 heavy (non-hydrogen) atoms. The molecule has 1 aliphatic rings. The smallest absolute Gasteiger partial charge is 0.255 e. The molecule has 98 valence electrons. The first-order chi connectivity index (χ1) is 8.60. The van der Waals surface area contributed by atoms with Crippen LogP contribution in [0.4, 0.5) is 0 Å². The Kier molecular flexibility index (Phi) is 4.19. The Morgan fingerprint density at radius 3 is 2.94 bits per heavy atom. The summed E-state index contributed by atoms with van der Waals surface area (Å²) in [6, 6.07) is 2.91. The molecule has 0 aliphatic carbocycles. The van der Waals surface area contributed by atoms with Crippen molar-refractivity contribution in [1.82, 2.24) is 9.88 Å². The number of halogens is 1. The minimum Gasteiger partial charge on any atom is -0.371 e. The van der Waals surface area contributed by atoms with E-state index >= 15 is 0 Å². The van der Waals surface area contributed by atoms with E-state index in [2.05, 4.69) is 20.9 Å². The highest BCUT2D eigenvalue weighted by molar-refractivity contribution is 9.09. The zero-order valence-electron chi connectivity index (χ0n) is 10.1. The molecule has 0 bridgehead atoms. The van der Waals surface area contributed by atoms with Crippen LogP contribution in [0.5, 0.6) is 0 Å². The first-order valence-electron chi connectivity index (χ1n) is 5.79. The lowest BCUT2D eigenvalue weighted by Crippen LogP contribution is -2.49. The van der Waals surface area contributed by atoms with Gasteiger partial charge in [-0.2, -0.15) is 0 Å². The highest BCUT2D eigenvalue weighted by Gasteiger charge is 2.28. The van der Waals surface area contributed by atoms with Crippen molar-refractivity contribution >= 4 is 21.8 Å². The van der Waals surface area contributed by atoms with E-state index in [1.165, 1.54) is 12.3 Å². The summed E-state index contributed by atoms with van der Waals surface area (Å²) >= 11 is 3.37. The third-order valence-corrected chi connectivity index (χ3v) is 3.54. The number of morpholine rings is 1. The molecule has 1 N–H and O–H groups in total. The van der Waals surface area contributed by atoms with Gasteiger partial charge in [0.05, 0.1) is 17.8 Å². The maximum Gasteiger partial charge on any atom is 0.255 e. The summed E-state index contributed by atoms with van der Waals surface area (Å²) in [5.74, 6) is -0.0765. The second kappa shape index (κ2) is 5.67. The van der Waals surface area contributed by atoms with Crippen LogP contribution in [0.1, 0.15) is 17.3 Å². The number of aromatic nitrogens is 1. The van der Waals surface area contributed by atoms with Crippen molar-refractivity contribution in [2.24, 2.45) is 0 Å². The zero-order valence-corrected chi connectivity index (χ0v) is 11.6. The van der Waals surface area contributed by atoms with E-state index in [0.717, 1.165) is 0 Å². The van der Waals surface area contributed by atoms with Crippen LogP contribution in [0.3, 0.4) is 0 Å². The van der Waals surface area contributed by atoms with E-state index in [4.69, 9.17) is 4.74 Å². The molecule has 0 spiro atoms. The molecule has 5 nitrogen and oxygen atoms in total. The Morgan fingerprint density at radius 2 is 2.33 bits per heavy atom. The van der Waals surface area contributed by atoms with Crippen LogP contribution in [0, 0.1) is 0 Å². The molecule has 2 heterocycles. The number of hydrogen-bond acceptors (Lipinski definition) is 3. The van der Waals surface area contributed by atoms with Crippen LogP contribution in [-0.4, -0.2) is 46.4 Å². The lowest BCUT2D eigenvalue weighted by Gasteiger charge is -2.36. The largest absolute Gasteiger partial charge is 0.371 e. The number of carbonyl (C=O) groups excluding carboxylic acids is 1. The highest BCUT2D eigenvalue weighted by atomic mass is 79.9. The van der Waals surface area contributed by atoms with Gasteiger partial charge in [-0.25, -0.2) is 0 Å². The van der Waals surface area contributed by atoms with Crippen LogP contribution in [0.2, 0.25) is 0 Å². The van der Waals surface area contributed by atoms with Gasteiger partial charge in [0, 0.05) is 30.7 Å². The first-order valence-corrected chi connectivity index (χ1v) is 6.91. The number of carbonyl (C=O) groups is 1. The van der Waals surface area contributed by atoms with Gasteiger partial charge in [0.1, 0.15) is 0 Å². The number of alkyl halides is 1. The van der Waals surface area contributed by atoms with Gasteiger partial charge < -0.3 is 14.6 Å². The van der Waals surface area contributed by atoms with Crippen molar-refractivity contribution in [1.29, 1.82) is 0 Å². The van der Waals surface area contributed by atoms with Gasteiger partial charge in [0.15, 0.2) is 0 Å². The van der Waals surface area contributed by atoms with Gasteiger partial charge >= 0.3 is 0 Å². The zero-order chi connectivity index (χ0) is 13.1. The molecule has 2 unspecified atom stereocenters. The van der Waals surface area contributed by atoms with Crippen molar-refractivity contribution in [3.63, 3.8) is 0 Å². The van der Waals surface area contributed by atoms with Gasteiger partial charge in [-0.1, -0.05) is 15.9 Å².